The molecule has 0 aliphatic heterocycles. The van der Waals surface area contributed by atoms with Crippen LogP contribution in [0.25, 0.3) is 0 Å². The van der Waals surface area contributed by atoms with Crippen molar-refractivity contribution < 1.29 is 17.6 Å². The molecule has 0 bridgehead atoms. The predicted octanol–water partition coefficient (Wildman–Crippen LogP) is 3.00. The Labute approximate surface area is 73.5 Å². The van der Waals surface area contributed by atoms with Crippen LogP contribution in [0.5, 0.6) is 0 Å². The Morgan fingerprint density at radius 1 is 1.25 bits per heavy atom. The Bertz CT molecular complexity index is 296. The van der Waals surface area contributed by atoms with Gasteiger partial charge in [-0.1, -0.05) is 0 Å². The maximum Gasteiger partial charge on any atom is 0.420 e. The quantitative estimate of drug-likeness (QED) is 0.639. The number of nitrogens with zero attached hydrogens (tertiary/aromatic N) is 1. The Balaban J connectivity index is 3.26. The lowest BCUT2D eigenvalue weighted by atomic mass is 10.3. The van der Waals surface area contributed by atoms with Crippen LogP contribution in [0.15, 0.2) is 16.9 Å². The van der Waals surface area contributed by atoms with Crippen LogP contribution in [0.2, 0.25) is 0 Å². The lowest BCUT2D eigenvalue weighted by Crippen LogP contribution is -2.08. The normalized spacial score (nSPS) is 11.8. The van der Waals surface area contributed by atoms with Crippen molar-refractivity contribution in [1.29, 1.82) is 0 Å². The second kappa shape index (κ2) is 3.01. The zero-order chi connectivity index (χ0) is 9.35. The molecule has 1 rings (SSSR count). The molecule has 0 aromatic carbocycles. The number of hydrogen-bond acceptors (Lipinski definition) is 1. The molecule has 0 radical (unpaired) electrons. The number of aromatic nitrogens is 1. The van der Waals surface area contributed by atoms with E-state index in [1.807, 2.05) is 0 Å². The Morgan fingerprint density at radius 2 is 1.83 bits per heavy atom. The van der Waals surface area contributed by atoms with Crippen molar-refractivity contribution in [3.8, 4) is 0 Å². The molecule has 1 aromatic heterocycles. The fraction of sp³-hybridized carbons (Fsp3) is 0.167. The van der Waals surface area contributed by atoms with Crippen LogP contribution in [-0.2, 0) is 6.18 Å². The van der Waals surface area contributed by atoms with Gasteiger partial charge in [0.15, 0.2) is 5.82 Å². The second-order valence-corrected chi connectivity index (χ2v) is 2.83. The maximum atomic E-state index is 12.7. The minimum Gasteiger partial charge on any atom is -0.263 e. The predicted molar refractivity (Wildman–Crippen MR) is 36.9 cm³/mol. The molecule has 0 N–H and O–H groups in total. The van der Waals surface area contributed by atoms with Gasteiger partial charge in [-0.3, -0.25) is 4.98 Å². The fourth-order valence-electron chi connectivity index (χ4n) is 0.617. The van der Waals surface area contributed by atoms with E-state index in [0.717, 1.165) is 6.20 Å². The molecule has 0 spiro atoms. The summed E-state index contributed by atoms with van der Waals surface area (Å²) in [5, 5.41) is 0. The molecular formula is C6H2BrF4N. The standard InChI is InChI=1S/C6H2BrF4N/c7-4-2-12-1-3(5(4)8)6(9,10)11/h1-2H. The first-order valence-electron chi connectivity index (χ1n) is 2.79. The van der Waals surface area contributed by atoms with E-state index >= 15 is 0 Å². The van der Waals surface area contributed by atoms with E-state index in [1.165, 1.54) is 0 Å². The molecule has 0 saturated carbocycles. The van der Waals surface area contributed by atoms with E-state index in [-0.39, 0.29) is 4.47 Å². The number of halogens is 5. The minimum atomic E-state index is -4.69. The van der Waals surface area contributed by atoms with E-state index in [2.05, 4.69) is 20.9 Å². The first-order valence-corrected chi connectivity index (χ1v) is 3.58. The molecule has 0 amide bonds. The molecule has 0 saturated heterocycles. The van der Waals surface area contributed by atoms with E-state index < -0.39 is 17.6 Å². The summed E-state index contributed by atoms with van der Waals surface area (Å²) in [5.74, 6) is -1.34. The molecule has 1 aromatic rings. The molecule has 66 valence electrons. The SMILES string of the molecule is Fc1c(Br)cncc1C(F)(F)F. The second-order valence-electron chi connectivity index (χ2n) is 1.98. The van der Waals surface area contributed by atoms with Crippen LogP contribution in [0.4, 0.5) is 17.6 Å². The molecule has 0 aliphatic carbocycles. The van der Waals surface area contributed by atoms with Gasteiger partial charge in [-0.15, -0.1) is 0 Å². The van der Waals surface area contributed by atoms with E-state index in [9.17, 15) is 17.6 Å². The summed E-state index contributed by atoms with van der Waals surface area (Å²) < 4.78 is 48.2. The van der Waals surface area contributed by atoms with Gasteiger partial charge < -0.3 is 0 Å². The number of hydrogen-bond donors (Lipinski definition) is 0. The van der Waals surface area contributed by atoms with Crippen molar-refractivity contribution in [1.82, 2.24) is 4.98 Å². The van der Waals surface area contributed by atoms with Gasteiger partial charge >= 0.3 is 6.18 Å². The van der Waals surface area contributed by atoms with Gasteiger partial charge in [0.1, 0.15) is 5.56 Å². The highest BCUT2D eigenvalue weighted by Gasteiger charge is 2.35. The molecular weight excluding hydrogens is 242 g/mol. The van der Waals surface area contributed by atoms with Crippen molar-refractivity contribution >= 4 is 15.9 Å². The third-order valence-corrected chi connectivity index (χ3v) is 1.70. The highest BCUT2D eigenvalue weighted by molar-refractivity contribution is 9.10. The molecule has 1 nitrogen and oxygen atoms in total. The highest BCUT2D eigenvalue weighted by atomic mass is 79.9. The van der Waals surface area contributed by atoms with Crippen LogP contribution >= 0.6 is 15.9 Å². The number of pyridine rings is 1. The summed E-state index contributed by atoms with van der Waals surface area (Å²) in [6.45, 7) is 0. The van der Waals surface area contributed by atoms with Gasteiger partial charge in [0.2, 0.25) is 0 Å². The van der Waals surface area contributed by atoms with E-state index in [4.69, 9.17) is 0 Å². The summed E-state index contributed by atoms with van der Waals surface area (Å²) in [7, 11) is 0. The van der Waals surface area contributed by atoms with E-state index in [0.29, 0.717) is 6.20 Å². The van der Waals surface area contributed by atoms with Crippen LogP contribution in [0.1, 0.15) is 5.56 Å². The molecule has 0 atom stereocenters. The van der Waals surface area contributed by atoms with Crippen molar-refractivity contribution in [2.45, 2.75) is 6.18 Å². The smallest absolute Gasteiger partial charge is 0.263 e. The largest absolute Gasteiger partial charge is 0.420 e. The Morgan fingerprint density at radius 3 is 2.25 bits per heavy atom. The van der Waals surface area contributed by atoms with Crippen LogP contribution < -0.4 is 0 Å². The zero-order valence-electron chi connectivity index (χ0n) is 5.49. The van der Waals surface area contributed by atoms with Crippen LogP contribution in [-0.4, -0.2) is 4.98 Å². The summed E-state index contributed by atoms with van der Waals surface area (Å²) in [6.07, 6.45) is -3.29. The molecule has 0 fully saturated rings. The fourth-order valence-corrected chi connectivity index (χ4v) is 0.949. The van der Waals surface area contributed by atoms with Crippen molar-refractivity contribution in [2.75, 3.05) is 0 Å². The minimum absolute atomic E-state index is 0.294. The van der Waals surface area contributed by atoms with E-state index in [1.54, 1.807) is 0 Å². The average Bonchev–Trinajstić information content (AvgIpc) is 1.92. The van der Waals surface area contributed by atoms with Crippen molar-refractivity contribution in [2.24, 2.45) is 0 Å². The van der Waals surface area contributed by atoms with Gasteiger partial charge in [0.05, 0.1) is 4.47 Å². The maximum absolute atomic E-state index is 12.7. The van der Waals surface area contributed by atoms with Crippen molar-refractivity contribution in [3.63, 3.8) is 0 Å². The first kappa shape index (κ1) is 9.44. The van der Waals surface area contributed by atoms with Crippen LogP contribution in [0.3, 0.4) is 0 Å². The van der Waals surface area contributed by atoms with Gasteiger partial charge in [-0.25, -0.2) is 4.39 Å². The van der Waals surface area contributed by atoms with Gasteiger partial charge in [-0.05, 0) is 15.9 Å². The molecule has 12 heavy (non-hydrogen) atoms. The van der Waals surface area contributed by atoms with Gasteiger partial charge in [0, 0.05) is 12.4 Å². The lowest BCUT2D eigenvalue weighted by Gasteiger charge is -2.06. The monoisotopic (exact) mass is 243 g/mol. The summed E-state index contributed by atoms with van der Waals surface area (Å²) >= 11 is 2.60. The highest BCUT2D eigenvalue weighted by Crippen LogP contribution is 2.32. The van der Waals surface area contributed by atoms with Gasteiger partial charge in [0.25, 0.3) is 0 Å². The summed E-state index contributed by atoms with van der Waals surface area (Å²) in [5.41, 5.74) is -1.36. The third-order valence-electron chi connectivity index (χ3n) is 1.14. The molecule has 0 unspecified atom stereocenters. The zero-order valence-corrected chi connectivity index (χ0v) is 7.08. The average molecular weight is 244 g/mol. The third kappa shape index (κ3) is 1.74. The number of rotatable bonds is 0. The topological polar surface area (TPSA) is 12.9 Å². The van der Waals surface area contributed by atoms with Crippen molar-refractivity contribution in [3.05, 3.63) is 28.2 Å². The summed E-state index contributed by atoms with van der Waals surface area (Å²) in [4.78, 5) is 3.20. The molecule has 6 heteroatoms. The van der Waals surface area contributed by atoms with Crippen LogP contribution in [0, 0.1) is 5.82 Å². The molecule has 1 heterocycles. The first-order chi connectivity index (χ1) is 5.43. The molecule has 0 aliphatic rings. The lowest BCUT2D eigenvalue weighted by molar-refractivity contribution is -0.140. The number of alkyl halides is 3. The Kier molecular flexibility index (Phi) is 2.36. The summed E-state index contributed by atoms with van der Waals surface area (Å²) in [6, 6.07) is 0. The Hall–Kier alpha value is -0.650. The van der Waals surface area contributed by atoms with Gasteiger partial charge in [-0.2, -0.15) is 13.2 Å².